The molecule has 5 heteroatoms. The van der Waals surface area contributed by atoms with E-state index in [0.717, 1.165) is 25.8 Å². The zero-order valence-electron chi connectivity index (χ0n) is 10.9. The molecule has 0 bridgehead atoms. The van der Waals surface area contributed by atoms with Crippen molar-refractivity contribution in [3.63, 3.8) is 0 Å². The molecule has 0 fully saturated rings. The fraction of sp³-hybridized carbons (Fsp3) is 0.200. The number of benzene rings is 2. The lowest BCUT2D eigenvalue weighted by molar-refractivity contribution is 0.403. The molecule has 2 nitrogen and oxygen atoms in total. The molecule has 0 aliphatic heterocycles. The molecular formula is C15H14Br2ClNO. The number of methoxy groups -OCH3 is 1. The zero-order chi connectivity index (χ0) is 14.7. The molecule has 0 saturated carbocycles. The van der Waals surface area contributed by atoms with Gasteiger partial charge in [-0.2, -0.15) is 0 Å². The summed E-state index contributed by atoms with van der Waals surface area (Å²) in [7, 11) is 1.63. The average Bonchev–Trinajstić information content (AvgIpc) is 2.37. The summed E-state index contributed by atoms with van der Waals surface area (Å²) in [5.74, 6) is 0.733. The SMILES string of the molecule is COc1c(Br)cc(Cl)cc1C(N)Cc1cccc(Br)c1. The number of rotatable bonds is 4. The van der Waals surface area contributed by atoms with E-state index in [4.69, 9.17) is 22.1 Å². The summed E-state index contributed by atoms with van der Waals surface area (Å²) in [6, 6.07) is 11.6. The van der Waals surface area contributed by atoms with Gasteiger partial charge >= 0.3 is 0 Å². The van der Waals surface area contributed by atoms with Crippen molar-refractivity contribution in [2.75, 3.05) is 7.11 Å². The van der Waals surface area contributed by atoms with Crippen LogP contribution in [0.2, 0.25) is 5.02 Å². The van der Waals surface area contributed by atoms with Crippen molar-refractivity contribution in [3.05, 3.63) is 61.5 Å². The quantitative estimate of drug-likeness (QED) is 0.747. The lowest BCUT2D eigenvalue weighted by Gasteiger charge is -2.17. The van der Waals surface area contributed by atoms with Crippen LogP contribution < -0.4 is 10.5 Å². The summed E-state index contributed by atoms with van der Waals surface area (Å²) in [6.07, 6.45) is 0.711. The molecule has 2 N–H and O–H groups in total. The highest BCUT2D eigenvalue weighted by Gasteiger charge is 2.16. The number of hydrogen-bond donors (Lipinski definition) is 1. The van der Waals surface area contributed by atoms with Crippen LogP contribution in [-0.4, -0.2) is 7.11 Å². The van der Waals surface area contributed by atoms with Crippen molar-refractivity contribution in [1.29, 1.82) is 0 Å². The monoisotopic (exact) mass is 417 g/mol. The van der Waals surface area contributed by atoms with E-state index in [9.17, 15) is 0 Å². The van der Waals surface area contributed by atoms with Crippen molar-refractivity contribution < 1.29 is 4.74 Å². The number of halogens is 3. The Kier molecular flexibility index (Phi) is 5.49. The van der Waals surface area contributed by atoms with Gasteiger partial charge in [0.2, 0.25) is 0 Å². The normalized spacial score (nSPS) is 12.2. The van der Waals surface area contributed by atoms with Gasteiger partial charge in [0.05, 0.1) is 11.6 Å². The third-order valence-electron chi connectivity index (χ3n) is 2.99. The minimum Gasteiger partial charge on any atom is -0.495 e. The first kappa shape index (κ1) is 15.8. The third kappa shape index (κ3) is 3.76. The highest BCUT2D eigenvalue weighted by Crippen LogP contribution is 2.36. The summed E-state index contributed by atoms with van der Waals surface area (Å²) in [6.45, 7) is 0. The Morgan fingerprint density at radius 1 is 1.25 bits per heavy atom. The molecule has 0 amide bonds. The smallest absolute Gasteiger partial charge is 0.137 e. The van der Waals surface area contributed by atoms with Crippen molar-refractivity contribution in [2.24, 2.45) is 5.73 Å². The van der Waals surface area contributed by atoms with Crippen molar-refractivity contribution in [2.45, 2.75) is 12.5 Å². The first-order valence-electron chi connectivity index (χ1n) is 6.04. The Bertz CT molecular complexity index is 619. The van der Waals surface area contributed by atoms with Gasteiger partial charge in [0, 0.05) is 21.1 Å². The van der Waals surface area contributed by atoms with Crippen molar-refractivity contribution in [1.82, 2.24) is 0 Å². The minimum absolute atomic E-state index is 0.186. The van der Waals surface area contributed by atoms with Crippen LogP contribution in [0.15, 0.2) is 45.3 Å². The fourth-order valence-corrected chi connectivity index (χ4v) is 3.54. The first-order chi connectivity index (χ1) is 9.51. The van der Waals surface area contributed by atoms with E-state index >= 15 is 0 Å². The van der Waals surface area contributed by atoms with Crippen LogP contribution in [0, 0.1) is 0 Å². The zero-order valence-corrected chi connectivity index (χ0v) is 14.8. The van der Waals surface area contributed by atoms with Gasteiger partial charge in [-0.15, -0.1) is 0 Å². The molecule has 2 rings (SSSR count). The highest BCUT2D eigenvalue weighted by atomic mass is 79.9. The van der Waals surface area contributed by atoms with E-state index < -0.39 is 0 Å². The van der Waals surface area contributed by atoms with Gasteiger partial charge in [-0.25, -0.2) is 0 Å². The summed E-state index contributed by atoms with van der Waals surface area (Å²) < 4.78 is 7.27. The maximum atomic E-state index is 6.32. The minimum atomic E-state index is -0.186. The van der Waals surface area contributed by atoms with Gasteiger partial charge in [-0.05, 0) is 52.2 Å². The lowest BCUT2D eigenvalue weighted by atomic mass is 9.99. The molecule has 0 aliphatic carbocycles. The molecule has 2 aromatic carbocycles. The van der Waals surface area contributed by atoms with E-state index in [0.29, 0.717) is 11.4 Å². The maximum absolute atomic E-state index is 6.32. The average molecular weight is 420 g/mol. The summed E-state index contributed by atoms with van der Waals surface area (Å²) in [4.78, 5) is 0. The molecule has 0 aliphatic rings. The van der Waals surface area contributed by atoms with E-state index in [1.165, 1.54) is 0 Å². The summed E-state index contributed by atoms with van der Waals surface area (Å²) >= 11 is 13.0. The topological polar surface area (TPSA) is 35.2 Å². The van der Waals surface area contributed by atoms with Gasteiger partial charge in [0.1, 0.15) is 5.75 Å². The Morgan fingerprint density at radius 3 is 2.65 bits per heavy atom. The summed E-state index contributed by atoms with van der Waals surface area (Å²) in [5, 5.41) is 0.636. The molecule has 1 atom stereocenters. The predicted molar refractivity (Wildman–Crippen MR) is 90.5 cm³/mol. The second kappa shape index (κ2) is 6.94. The van der Waals surface area contributed by atoms with Gasteiger partial charge in [0.15, 0.2) is 0 Å². The second-order valence-electron chi connectivity index (χ2n) is 4.45. The van der Waals surface area contributed by atoms with Crippen LogP contribution in [0.5, 0.6) is 5.75 Å². The Morgan fingerprint density at radius 2 is 2.00 bits per heavy atom. The molecule has 2 aromatic rings. The molecule has 20 heavy (non-hydrogen) atoms. The van der Waals surface area contributed by atoms with E-state index in [1.807, 2.05) is 18.2 Å². The van der Waals surface area contributed by atoms with Gasteiger partial charge in [0.25, 0.3) is 0 Å². The fourth-order valence-electron chi connectivity index (χ4n) is 2.10. The Labute approximate surface area is 140 Å². The number of hydrogen-bond acceptors (Lipinski definition) is 2. The van der Waals surface area contributed by atoms with Crippen LogP contribution in [0.1, 0.15) is 17.2 Å². The first-order valence-corrected chi connectivity index (χ1v) is 8.00. The van der Waals surface area contributed by atoms with Crippen LogP contribution in [0.4, 0.5) is 0 Å². The standard InChI is InChI=1S/C15H14Br2ClNO/c1-20-15-12(7-11(18)8-13(15)17)14(19)6-9-3-2-4-10(16)5-9/h2-5,7-8,14H,6,19H2,1H3. The molecule has 0 aromatic heterocycles. The van der Waals surface area contributed by atoms with Crippen LogP contribution in [0.3, 0.4) is 0 Å². The van der Waals surface area contributed by atoms with E-state index in [2.05, 4.69) is 44.0 Å². The lowest BCUT2D eigenvalue weighted by Crippen LogP contribution is -2.14. The van der Waals surface area contributed by atoms with Crippen molar-refractivity contribution >= 4 is 43.5 Å². The van der Waals surface area contributed by atoms with E-state index in [-0.39, 0.29) is 6.04 Å². The Balaban J connectivity index is 2.31. The molecule has 1 unspecified atom stereocenters. The number of ether oxygens (including phenoxy) is 1. The van der Waals surface area contributed by atoms with Crippen molar-refractivity contribution in [3.8, 4) is 5.75 Å². The van der Waals surface area contributed by atoms with Crippen LogP contribution >= 0.6 is 43.5 Å². The van der Waals surface area contributed by atoms with E-state index in [1.54, 1.807) is 13.2 Å². The molecule has 0 radical (unpaired) electrons. The number of nitrogens with two attached hydrogens (primary N) is 1. The highest BCUT2D eigenvalue weighted by molar-refractivity contribution is 9.10. The van der Waals surface area contributed by atoms with Gasteiger partial charge < -0.3 is 10.5 Å². The van der Waals surface area contributed by atoms with Crippen LogP contribution in [0.25, 0.3) is 0 Å². The van der Waals surface area contributed by atoms with Crippen LogP contribution in [-0.2, 0) is 6.42 Å². The summed E-state index contributed by atoms with van der Waals surface area (Å²) in [5.41, 5.74) is 8.37. The molecule has 0 heterocycles. The second-order valence-corrected chi connectivity index (χ2v) is 6.66. The molecular weight excluding hydrogens is 405 g/mol. The van der Waals surface area contributed by atoms with Gasteiger partial charge in [-0.3, -0.25) is 0 Å². The maximum Gasteiger partial charge on any atom is 0.137 e. The molecule has 0 saturated heterocycles. The molecule has 106 valence electrons. The largest absolute Gasteiger partial charge is 0.495 e. The Hall–Kier alpha value is -0.550. The molecule has 0 spiro atoms. The predicted octanol–water partition coefficient (Wildman–Crippen LogP) is 5.12. The third-order valence-corrected chi connectivity index (χ3v) is 4.29. The van der Waals surface area contributed by atoms with Gasteiger partial charge in [-0.1, -0.05) is 39.7 Å².